The largest absolute Gasteiger partial charge is 0.491 e. The summed E-state index contributed by atoms with van der Waals surface area (Å²) in [6, 6.07) is 14.0. The molecule has 0 heterocycles. The lowest BCUT2D eigenvalue weighted by molar-refractivity contribution is -0.114. The molecular weight excluding hydrogens is 352 g/mol. The van der Waals surface area contributed by atoms with Crippen LogP contribution in [0.2, 0.25) is 0 Å². The highest BCUT2D eigenvalue weighted by molar-refractivity contribution is 7.92. The van der Waals surface area contributed by atoms with E-state index >= 15 is 0 Å². The van der Waals surface area contributed by atoms with E-state index in [4.69, 9.17) is 4.74 Å². The standard InChI is InChI=1S/C19H24N2O4S/c1-14(2)25-18-10-6-8-16(12-18)20-19(22)13-21(26(4,23)24)17-9-5-7-15(3)11-17/h5-12,14H,13H2,1-4H3,(H,20,22). The summed E-state index contributed by atoms with van der Waals surface area (Å²) in [6.07, 6.45) is 1.10. The van der Waals surface area contributed by atoms with Crippen LogP contribution in [0.3, 0.4) is 0 Å². The zero-order valence-corrected chi connectivity index (χ0v) is 16.2. The van der Waals surface area contributed by atoms with Crippen molar-refractivity contribution >= 4 is 27.3 Å². The van der Waals surface area contributed by atoms with Crippen molar-refractivity contribution in [2.75, 3.05) is 22.4 Å². The number of aryl methyl sites for hydroxylation is 1. The Kier molecular flexibility index (Phi) is 6.26. The molecule has 0 aliphatic carbocycles. The summed E-state index contributed by atoms with van der Waals surface area (Å²) >= 11 is 0. The van der Waals surface area contributed by atoms with Crippen LogP contribution in [0.1, 0.15) is 19.4 Å². The van der Waals surface area contributed by atoms with E-state index in [1.54, 1.807) is 42.5 Å². The maximum absolute atomic E-state index is 12.4. The Morgan fingerprint density at radius 2 is 1.85 bits per heavy atom. The van der Waals surface area contributed by atoms with Crippen LogP contribution in [0.5, 0.6) is 5.75 Å². The highest BCUT2D eigenvalue weighted by atomic mass is 32.2. The summed E-state index contributed by atoms with van der Waals surface area (Å²) in [5.41, 5.74) is 1.92. The predicted molar refractivity (Wildman–Crippen MR) is 104 cm³/mol. The molecule has 6 nitrogen and oxygen atoms in total. The summed E-state index contributed by atoms with van der Waals surface area (Å²) in [5, 5.41) is 2.72. The van der Waals surface area contributed by atoms with Gasteiger partial charge in [0.05, 0.1) is 18.0 Å². The highest BCUT2D eigenvalue weighted by Gasteiger charge is 2.21. The lowest BCUT2D eigenvalue weighted by Gasteiger charge is -2.22. The molecule has 0 aliphatic heterocycles. The third kappa shape index (κ3) is 5.77. The zero-order valence-electron chi connectivity index (χ0n) is 15.4. The van der Waals surface area contributed by atoms with E-state index in [0.29, 0.717) is 17.1 Å². The van der Waals surface area contributed by atoms with Gasteiger partial charge in [0.1, 0.15) is 12.3 Å². The van der Waals surface area contributed by atoms with E-state index in [2.05, 4.69) is 5.32 Å². The fourth-order valence-corrected chi connectivity index (χ4v) is 3.28. The van der Waals surface area contributed by atoms with Gasteiger partial charge < -0.3 is 10.1 Å². The number of ether oxygens (including phenoxy) is 1. The second-order valence-corrected chi connectivity index (χ2v) is 8.26. The molecule has 26 heavy (non-hydrogen) atoms. The average Bonchev–Trinajstić information content (AvgIpc) is 2.51. The molecule has 1 amide bonds. The van der Waals surface area contributed by atoms with Crippen LogP contribution >= 0.6 is 0 Å². The normalized spacial score (nSPS) is 11.3. The molecule has 0 saturated heterocycles. The van der Waals surface area contributed by atoms with E-state index in [-0.39, 0.29) is 12.6 Å². The quantitative estimate of drug-likeness (QED) is 0.805. The van der Waals surface area contributed by atoms with Gasteiger partial charge in [-0.15, -0.1) is 0 Å². The monoisotopic (exact) mass is 376 g/mol. The van der Waals surface area contributed by atoms with Crippen molar-refractivity contribution in [3.8, 4) is 5.75 Å². The van der Waals surface area contributed by atoms with Crippen LogP contribution in [0, 0.1) is 6.92 Å². The van der Waals surface area contributed by atoms with Crippen molar-refractivity contribution in [1.29, 1.82) is 0 Å². The maximum atomic E-state index is 12.4. The third-order valence-electron chi connectivity index (χ3n) is 3.47. The first-order valence-corrected chi connectivity index (χ1v) is 10.1. The van der Waals surface area contributed by atoms with E-state index in [1.165, 1.54) is 0 Å². The van der Waals surface area contributed by atoms with Gasteiger partial charge in [0.2, 0.25) is 15.9 Å². The van der Waals surface area contributed by atoms with Crippen LogP contribution in [0.15, 0.2) is 48.5 Å². The molecule has 0 saturated carbocycles. The van der Waals surface area contributed by atoms with Crippen molar-refractivity contribution in [2.24, 2.45) is 0 Å². The molecule has 0 bridgehead atoms. The summed E-state index contributed by atoms with van der Waals surface area (Å²) in [5.74, 6) is 0.204. The molecule has 0 spiro atoms. The summed E-state index contributed by atoms with van der Waals surface area (Å²) < 4.78 is 30.9. The molecule has 2 aromatic carbocycles. The molecule has 0 atom stereocenters. The first kappa shape index (κ1) is 19.8. The molecule has 140 valence electrons. The Bertz CT molecular complexity index is 879. The molecule has 2 rings (SSSR count). The topological polar surface area (TPSA) is 75.7 Å². The van der Waals surface area contributed by atoms with Gasteiger partial charge in [0, 0.05) is 11.8 Å². The Labute approximate surface area is 154 Å². The smallest absolute Gasteiger partial charge is 0.245 e. The molecule has 7 heteroatoms. The second-order valence-electron chi connectivity index (χ2n) is 6.35. The lowest BCUT2D eigenvalue weighted by Crippen LogP contribution is -2.37. The van der Waals surface area contributed by atoms with Crippen molar-refractivity contribution in [1.82, 2.24) is 0 Å². The van der Waals surface area contributed by atoms with Crippen molar-refractivity contribution < 1.29 is 17.9 Å². The van der Waals surface area contributed by atoms with Gasteiger partial charge in [0.15, 0.2) is 0 Å². The van der Waals surface area contributed by atoms with Gasteiger partial charge >= 0.3 is 0 Å². The number of benzene rings is 2. The molecule has 1 N–H and O–H groups in total. The molecule has 0 unspecified atom stereocenters. The van der Waals surface area contributed by atoms with Crippen molar-refractivity contribution in [2.45, 2.75) is 26.9 Å². The second kappa shape index (κ2) is 8.23. The van der Waals surface area contributed by atoms with Crippen LogP contribution in [-0.4, -0.2) is 33.2 Å². The lowest BCUT2D eigenvalue weighted by atomic mass is 10.2. The van der Waals surface area contributed by atoms with E-state index < -0.39 is 15.9 Å². The van der Waals surface area contributed by atoms with Crippen molar-refractivity contribution in [3.63, 3.8) is 0 Å². The third-order valence-corrected chi connectivity index (χ3v) is 4.61. The number of carbonyl (C=O) groups excluding carboxylic acids is 1. The fraction of sp³-hybridized carbons (Fsp3) is 0.316. The first-order chi connectivity index (χ1) is 12.1. The van der Waals surface area contributed by atoms with Crippen LogP contribution in [0.25, 0.3) is 0 Å². The summed E-state index contributed by atoms with van der Waals surface area (Å²) in [7, 11) is -3.60. The fourth-order valence-electron chi connectivity index (χ4n) is 2.43. The first-order valence-electron chi connectivity index (χ1n) is 8.26. The molecule has 0 radical (unpaired) electrons. The Hall–Kier alpha value is -2.54. The average molecular weight is 376 g/mol. The van der Waals surface area contributed by atoms with Gasteiger partial charge in [-0.1, -0.05) is 18.2 Å². The maximum Gasteiger partial charge on any atom is 0.245 e. The van der Waals surface area contributed by atoms with Crippen LogP contribution in [0.4, 0.5) is 11.4 Å². The molecule has 0 aromatic heterocycles. The number of nitrogens with zero attached hydrogens (tertiary/aromatic N) is 1. The molecule has 0 fully saturated rings. The van der Waals surface area contributed by atoms with Crippen LogP contribution in [-0.2, 0) is 14.8 Å². The number of nitrogens with one attached hydrogen (secondary N) is 1. The number of carbonyl (C=O) groups is 1. The number of amides is 1. The molecular formula is C19H24N2O4S. The number of hydrogen-bond acceptors (Lipinski definition) is 4. The minimum atomic E-state index is -3.60. The Balaban J connectivity index is 2.16. The Morgan fingerprint density at radius 3 is 2.46 bits per heavy atom. The number of hydrogen-bond donors (Lipinski definition) is 1. The molecule has 2 aromatic rings. The van der Waals surface area contributed by atoms with Crippen LogP contribution < -0.4 is 14.4 Å². The van der Waals surface area contributed by atoms with E-state index in [1.807, 2.05) is 26.8 Å². The zero-order chi connectivity index (χ0) is 19.3. The van der Waals surface area contributed by atoms with Gasteiger partial charge in [0.25, 0.3) is 0 Å². The number of anilines is 2. The van der Waals surface area contributed by atoms with E-state index in [0.717, 1.165) is 16.1 Å². The minimum absolute atomic E-state index is 0.0167. The number of sulfonamides is 1. The minimum Gasteiger partial charge on any atom is -0.491 e. The van der Waals surface area contributed by atoms with Gasteiger partial charge in [-0.2, -0.15) is 0 Å². The summed E-state index contributed by atoms with van der Waals surface area (Å²) in [6.45, 7) is 5.38. The number of rotatable bonds is 7. The highest BCUT2D eigenvalue weighted by Crippen LogP contribution is 2.21. The van der Waals surface area contributed by atoms with Crippen molar-refractivity contribution in [3.05, 3.63) is 54.1 Å². The molecule has 0 aliphatic rings. The Morgan fingerprint density at radius 1 is 1.15 bits per heavy atom. The summed E-state index contributed by atoms with van der Waals surface area (Å²) in [4.78, 5) is 12.4. The predicted octanol–water partition coefficient (Wildman–Crippen LogP) is 3.19. The van der Waals surface area contributed by atoms with Gasteiger partial charge in [-0.05, 0) is 50.6 Å². The van der Waals surface area contributed by atoms with Gasteiger partial charge in [-0.25, -0.2) is 8.42 Å². The van der Waals surface area contributed by atoms with E-state index in [9.17, 15) is 13.2 Å². The van der Waals surface area contributed by atoms with Gasteiger partial charge in [-0.3, -0.25) is 9.10 Å². The SMILES string of the molecule is Cc1cccc(N(CC(=O)Nc2cccc(OC(C)C)c2)S(C)(=O)=O)c1.